The first kappa shape index (κ1) is 9.00. The quantitative estimate of drug-likeness (QED) is 0.695. The lowest BCUT2D eigenvalue weighted by atomic mass is 9.92. The van der Waals surface area contributed by atoms with Gasteiger partial charge in [-0.05, 0) is 32.1 Å². The lowest BCUT2D eigenvalue weighted by Crippen LogP contribution is -2.37. The van der Waals surface area contributed by atoms with Crippen molar-refractivity contribution in [1.82, 2.24) is 5.32 Å². The lowest BCUT2D eigenvalue weighted by Gasteiger charge is -2.23. The first-order chi connectivity index (χ1) is 6.36. The maximum Gasteiger partial charge on any atom is 0.223 e. The van der Waals surface area contributed by atoms with E-state index in [2.05, 4.69) is 5.32 Å². The molecule has 3 heteroatoms. The van der Waals surface area contributed by atoms with Gasteiger partial charge >= 0.3 is 0 Å². The van der Waals surface area contributed by atoms with Crippen molar-refractivity contribution in [3.05, 3.63) is 0 Å². The fraction of sp³-hybridized carbons (Fsp3) is 0.900. The summed E-state index contributed by atoms with van der Waals surface area (Å²) in [5.41, 5.74) is 0. The zero-order valence-electron chi connectivity index (χ0n) is 7.92. The van der Waals surface area contributed by atoms with Gasteiger partial charge in [0.1, 0.15) is 0 Å². The molecular weight excluding hydrogens is 166 g/mol. The number of amides is 1. The molecule has 3 nitrogen and oxygen atoms in total. The summed E-state index contributed by atoms with van der Waals surface area (Å²) in [7, 11) is 0. The van der Waals surface area contributed by atoms with E-state index in [4.69, 9.17) is 4.74 Å². The van der Waals surface area contributed by atoms with Crippen LogP contribution in [0.3, 0.4) is 0 Å². The molecule has 2 rings (SSSR count). The predicted molar refractivity (Wildman–Crippen MR) is 49.3 cm³/mol. The molecular formula is C10H17NO2. The minimum Gasteiger partial charge on any atom is -0.378 e. The van der Waals surface area contributed by atoms with Crippen LogP contribution in [0.15, 0.2) is 0 Å². The summed E-state index contributed by atoms with van der Waals surface area (Å²) in [4.78, 5) is 11.4. The van der Waals surface area contributed by atoms with E-state index in [1.165, 1.54) is 6.42 Å². The van der Waals surface area contributed by atoms with Crippen molar-refractivity contribution in [2.75, 3.05) is 13.2 Å². The normalized spacial score (nSPS) is 34.6. The smallest absolute Gasteiger partial charge is 0.223 e. The summed E-state index contributed by atoms with van der Waals surface area (Å²) in [5, 5.41) is 2.91. The third-order valence-electron chi connectivity index (χ3n) is 2.97. The molecule has 2 fully saturated rings. The van der Waals surface area contributed by atoms with Crippen molar-refractivity contribution in [3.8, 4) is 0 Å². The molecule has 13 heavy (non-hydrogen) atoms. The number of carbonyl (C=O) groups excluding carboxylic acids is 1. The number of hydrogen-bond donors (Lipinski definition) is 1. The standard InChI is InChI=1S/C10H17NO2/c12-10-8(3-1-5-11-10)7-9-4-2-6-13-9/h8-9H,1-7H2,(H,11,12). The predicted octanol–water partition coefficient (Wildman–Crippen LogP) is 1.08. The summed E-state index contributed by atoms with van der Waals surface area (Å²) in [6, 6.07) is 0. The van der Waals surface area contributed by atoms with Crippen LogP contribution >= 0.6 is 0 Å². The van der Waals surface area contributed by atoms with Crippen molar-refractivity contribution in [2.45, 2.75) is 38.2 Å². The van der Waals surface area contributed by atoms with Crippen LogP contribution in [0.1, 0.15) is 32.1 Å². The Kier molecular flexibility index (Phi) is 2.83. The zero-order chi connectivity index (χ0) is 9.10. The van der Waals surface area contributed by atoms with Gasteiger partial charge in [-0.25, -0.2) is 0 Å². The van der Waals surface area contributed by atoms with Crippen LogP contribution < -0.4 is 5.32 Å². The van der Waals surface area contributed by atoms with Gasteiger partial charge in [0.15, 0.2) is 0 Å². The Morgan fingerprint density at radius 3 is 3.00 bits per heavy atom. The highest BCUT2D eigenvalue weighted by Gasteiger charge is 2.27. The average Bonchev–Trinajstić information content (AvgIpc) is 2.61. The van der Waals surface area contributed by atoms with Crippen LogP contribution in [0.4, 0.5) is 0 Å². The highest BCUT2D eigenvalue weighted by atomic mass is 16.5. The number of hydrogen-bond acceptors (Lipinski definition) is 2. The van der Waals surface area contributed by atoms with Gasteiger partial charge in [0, 0.05) is 19.1 Å². The van der Waals surface area contributed by atoms with Crippen LogP contribution in [0.5, 0.6) is 0 Å². The Bertz CT molecular complexity index is 187. The third-order valence-corrected chi connectivity index (χ3v) is 2.97. The van der Waals surface area contributed by atoms with E-state index in [9.17, 15) is 4.79 Å². The topological polar surface area (TPSA) is 38.3 Å². The molecule has 74 valence electrons. The van der Waals surface area contributed by atoms with E-state index in [1.807, 2.05) is 0 Å². The molecule has 1 N–H and O–H groups in total. The number of ether oxygens (including phenoxy) is 1. The molecule has 0 aromatic heterocycles. The Hall–Kier alpha value is -0.570. The fourth-order valence-electron chi connectivity index (χ4n) is 2.21. The molecule has 2 atom stereocenters. The number of piperidine rings is 1. The molecule has 2 aliphatic heterocycles. The molecule has 0 radical (unpaired) electrons. The monoisotopic (exact) mass is 183 g/mol. The number of nitrogens with one attached hydrogen (secondary N) is 1. The van der Waals surface area contributed by atoms with E-state index in [-0.39, 0.29) is 11.8 Å². The van der Waals surface area contributed by atoms with E-state index in [0.29, 0.717) is 6.10 Å². The van der Waals surface area contributed by atoms with E-state index >= 15 is 0 Å². The summed E-state index contributed by atoms with van der Waals surface area (Å²) < 4.78 is 5.52. The molecule has 0 aromatic rings. The minimum atomic E-state index is 0.219. The lowest BCUT2D eigenvalue weighted by molar-refractivity contribution is -0.127. The summed E-state index contributed by atoms with van der Waals surface area (Å²) in [6.07, 6.45) is 5.78. The molecule has 2 unspecified atom stereocenters. The van der Waals surface area contributed by atoms with Gasteiger partial charge in [0.05, 0.1) is 6.10 Å². The minimum absolute atomic E-state index is 0.219. The number of carbonyl (C=O) groups is 1. The second-order valence-electron chi connectivity index (χ2n) is 4.00. The first-order valence-corrected chi connectivity index (χ1v) is 5.25. The van der Waals surface area contributed by atoms with Crippen molar-refractivity contribution in [1.29, 1.82) is 0 Å². The van der Waals surface area contributed by atoms with Gasteiger partial charge in [-0.3, -0.25) is 4.79 Å². The average molecular weight is 183 g/mol. The van der Waals surface area contributed by atoms with Crippen molar-refractivity contribution < 1.29 is 9.53 Å². The van der Waals surface area contributed by atoms with Gasteiger partial charge in [-0.2, -0.15) is 0 Å². The van der Waals surface area contributed by atoms with Crippen LogP contribution in [-0.2, 0) is 9.53 Å². The molecule has 1 amide bonds. The Balaban J connectivity index is 1.81. The molecule has 0 saturated carbocycles. The van der Waals surface area contributed by atoms with Crippen molar-refractivity contribution in [3.63, 3.8) is 0 Å². The van der Waals surface area contributed by atoms with E-state index in [1.54, 1.807) is 0 Å². The zero-order valence-corrected chi connectivity index (χ0v) is 7.92. The van der Waals surface area contributed by atoms with Crippen molar-refractivity contribution in [2.24, 2.45) is 5.92 Å². The Labute approximate surface area is 78.8 Å². The van der Waals surface area contributed by atoms with Crippen LogP contribution in [0.25, 0.3) is 0 Å². The molecule has 2 aliphatic rings. The van der Waals surface area contributed by atoms with Crippen LogP contribution in [0, 0.1) is 5.92 Å². The maximum atomic E-state index is 11.4. The molecule has 0 spiro atoms. The molecule has 0 aliphatic carbocycles. The molecule has 0 bridgehead atoms. The fourth-order valence-corrected chi connectivity index (χ4v) is 2.21. The largest absolute Gasteiger partial charge is 0.378 e. The Morgan fingerprint density at radius 1 is 1.38 bits per heavy atom. The van der Waals surface area contributed by atoms with E-state index < -0.39 is 0 Å². The molecule has 2 saturated heterocycles. The van der Waals surface area contributed by atoms with E-state index in [0.717, 1.165) is 38.8 Å². The van der Waals surface area contributed by atoms with Gasteiger partial charge in [-0.1, -0.05) is 0 Å². The SMILES string of the molecule is O=C1NCCCC1CC1CCCO1. The second kappa shape index (κ2) is 4.09. The third kappa shape index (κ3) is 2.21. The molecule has 0 aromatic carbocycles. The second-order valence-corrected chi connectivity index (χ2v) is 4.00. The van der Waals surface area contributed by atoms with Gasteiger partial charge in [-0.15, -0.1) is 0 Å². The first-order valence-electron chi connectivity index (χ1n) is 5.25. The van der Waals surface area contributed by atoms with Crippen molar-refractivity contribution >= 4 is 5.91 Å². The van der Waals surface area contributed by atoms with Crippen LogP contribution in [0.2, 0.25) is 0 Å². The van der Waals surface area contributed by atoms with Gasteiger partial charge in [0.2, 0.25) is 5.91 Å². The highest BCUT2D eigenvalue weighted by Crippen LogP contribution is 2.24. The Morgan fingerprint density at radius 2 is 2.31 bits per heavy atom. The maximum absolute atomic E-state index is 11.4. The number of rotatable bonds is 2. The van der Waals surface area contributed by atoms with Gasteiger partial charge < -0.3 is 10.1 Å². The van der Waals surface area contributed by atoms with Gasteiger partial charge in [0.25, 0.3) is 0 Å². The summed E-state index contributed by atoms with van der Waals surface area (Å²) in [5.74, 6) is 0.457. The van der Waals surface area contributed by atoms with Crippen LogP contribution in [-0.4, -0.2) is 25.2 Å². The summed E-state index contributed by atoms with van der Waals surface area (Å²) >= 11 is 0. The summed E-state index contributed by atoms with van der Waals surface area (Å²) in [6.45, 7) is 1.75. The highest BCUT2D eigenvalue weighted by molar-refractivity contribution is 5.79. The molecule has 2 heterocycles.